The number of anilines is 1. The SMILES string of the molecule is Cc1ccc(C)c(NC(=O)CN(CCC(=O)NCCCCN2CCCC2)C2CC2)c1. The quantitative estimate of drug-likeness (QED) is 0.516. The van der Waals surface area contributed by atoms with Gasteiger partial charge >= 0.3 is 0 Å². The predicted molar refractivity (Wildman–Crippen MR) is 122 cm³/mol. The van der Waals surface area contributed by atoms with Crippen LogP contribution in [-0.2, 0) is 9.59 Å². The highest BCUT2D eigenvalue weighted by atomic mass is 16.2. The van der Waals surface area contributed by atoms with E-state index in [4.69, 9.17) is 0 Å². The summed E-state index contributed by atoms with van der Waals surface area (Å²) in [5.74, 6) is 0.0923. The van der Waals surface area contributed by atoms with Gasteiger partial charge in [0, 0.05) is 31.2 Å². The zero-order valence-corrected chi connectivity index (χ0v) is 18.7. The number of hydrogen-bond acceptors (Lipinski definition) is 4. The van der Waals surface area contributed by atoms with Gasteiger partial charge in [-0.25, -0.2) is 0 Å². The standard InChI is InChI=1S/C24H38N4O2/c1-19-7-8-20(2)22(17-19)26-24(30)18-28(21-9-10-21)16-11-23(29)25-12-3-4-13-27-14-5-6-15-27/h7-8,17,21H,3-6,9-16,18H2,1-2H3,(H,25,29)(H,26,30). The molecule has 3 rings (SSSR count). The van der Waals surface area contributed by atoms with Crippen LogP contribution in [0.2, 0.25) is 0 Å². The molecule has 2 N–H and O–H groups in total. The molecule has 1 saturated carbocycles. The lowest BCUT2D eigenvalue weighted by Crippen LogP contribution is -2.38. The lowest BCUT2D eigenvalue weighted by atomic mass is 10.1. The van der Waals surface area contributed by atoms with Crippen molar-refractivity contribution in [2.24, 2.45) is 0 Å². The third kappa shape index (κ3) is 7.73. The number of hydrogen-bond donors (Lipinski definition) is 2. The van der Waals surface area contributed by atoms with E-state index in [0.717, 1.165) is 55.6 Å². The molecule has 1 aromatic rings. The highest BCUT2D eigenvalue weighted by molar-refractivity contribution is 5.93. The summed E-state index contributed by atoms with van der Waals surface area (Å²) in [7, 11) is 0. The molecular formula is C24H38N4O2. The Kier molecular flexibility index (Phi) is 8.70. The first-order valence-corrected chi connectivity index (χ1v) is 11.6. The Morgan fingerprint density at radius 2 is 1.87 bits per heavy atom. The van der Waals surface area contributed by atoms with Gasteiger partial charge in [0.15, 0.2) is 0 Å². The average molecular weight is 415 g/mol. The Bertz CT molecular complexity index is 711. The van der Waals surface area contributed by atoms with E-state index >= 15 is 0 Å². The molecule has 2 aliphatic rings. The van der Waals surface area contributed by atoms with E-state index in [1.807, 2.05) is 32.0 Å². The van der Waals surface area contributed by atoms with Crippen LogP contribution in [0.3, 0.4) is 0 Å². The Balaban J connectivity index is 1.33. The average Bonchev–Trinajstić information content (AvgIpc) is 3.43. The van der Waals surface area contributed by atoms with Gasteiger partial charge in [-0.15, -0.1) is 0 Å². The van der Waals surface area contributed by atoms with Gasteiger partial charge < -0.3 is 15.5 Å². The van der Waals surface area contributed by atoms with Crippen LogP contribution >= 0.6 is 0 Å². The van der Waals surface area contributed by atoms with Gasteiger partial charge in [-0.2, -0.15) is 0 Å². The fourth-order valence-electron chi connectivity index (χ4n) is 4.10. The summed E-state index contributed by atoms with van der Waals surface area (Å²) in [5.41, 5.74) is 3.07. The first-order valence-electron chi connectivity index (χ1n) is 11.6. The molecule has 6 nitrogen and oxygen atoms in total. The highest BCUT2D eigenvalue weighted by Gasteiger charge is 2.30. The minimum absolute atomic E-state index is 0.00193. The summed E-state index contributed by atoms with van der Waals surface area (Å²) in [6.07, 6.45) is 7.54. The van der Waals surface area contributed by atoms with Crippen molar-refractivity contribution in [1.29, 1.82) is 0 Å². The number of aryl methyl sites for hydroxylation is 2. The van der Waals surface area contributed by atoms with Crippen LogP contribution in [-0.4, -0.2) is 66.9 Å². The number of nitrogens with one attached hydrogen (secondary N) is 2. The number of amides is 2. The molecule has 1 saturated heterocycles. The van der Waals surface area contributed by atoms with Crippen LogP contribution in [0.4, 0.5) is 5.69 Å². The maximum Gasteiger partial charge on any atom is 0.238 e. The summed E-state index contributed by atoms with van der Waals surface area (Å²) in [6, 6.07) is 6.53. The van der Waals surface area contributed by atoms with Gasteiger partial charge in [0.2, 0.25) is 11.8 Å². The Hall–Kier alpha value is -1.92. The summed E-state index contributed by atoms with van der Waals surface area (Å²) in [5, 5.41) is 6.08. The largest absolute Gasteiger partial charge is 0.356 e. The smallest absolute Gasteiger partial charge is 0.238 e. The lowest BCUT2D eigenvalue weighted by molar-refractivity contribution is -0.122. The van der Waals surface area contributed by atoms with Crippen molar-refractivity contribution in [3.05, 3.63) is 29.3 Å². The molecule has 0 bridgehead atoms. The number of carbonyl (C=O) groups is 2. The molecule has 6 heteroatoms. The molecule has 0 radical (unpaired) electrons. The highest BCUT2D eigenvalue weighted by Crippen LogP contribution is 2.27. The second-order valence-corrected chi connectivity index (χ2v) is 8.92. The van der Waals surface area contributed by atoms with Crippen LogP contribution < -0.4 is 10.6 Å². The van der Waals surface area contributed by atoms with E-state index in [2.05, 4.69) is 20.4 Å². The molecule has 0 aromatic heterocycles. The molecule has 1 aliphatic heterocycles. The van der Waals surface area contributed by atoms with Gasteiger partial charge in [0.05, 0.1) is 6.54 Å². The van der Waals surface area contributed by atoms with Crippen LogP contribution in [0.5, 0.6) is 0 Å². The van der Waals surface area contributed by atoms with E-state index in [0.29, 0.717) is 25.6 Å². The molecule has 166 valence electrons. The van der Waals surface area contributed by atoms with E-state index in [1.54, 1.807) is 0 Å². The maximum atomic E-state index is 12.6. The van der Waals surface area contributed by atoms with Crippen LogP contribution in [0.1, 0.15) is 56.1 Å². The Labute approximate surface area is 181 Å². The van der Waals surface area contributed by atoms with Crippen molar-refractivity contribution in [1.82, 2.24) is 15.1 Å². The lowest BCUT2D eigenvalue weighted by Gasteiger charge is -2.21. The first kappa shape index (κ1) is 22.8. The van der Waals surface area contributed by atoms with Gasteiger partial charge in [-0.3, -0.25) is 14.5 Å². The van der Waals surface area contributed by atoms with Gasteiger partial charge in [-0.1, -0.05) is 12.1 Å². The zero-order valence-electron chi connectivity index (χ0n) is 18.7. The molecule has 1 aliphatic carbocycles. The predicted octanol–water partition coefficient (Wildman–Crippen LogP) is 3.09. The second-order valence-electron chi connectivity index (χ2n) is 8.92. The van der Waals surface area contributed by atoms with Crippen molar-refractivity contribution in [3.8, 4) is 0 Å². The number of unbranched alkanes of at least 4 members (excludes halogenated alkanes) is 1. The second kappa shape index (κ2) is 11.5. The maximum absolute atomic E-state index is 12.6. The molecular weight excluding hydrogens is 376 g/mol. The van der Waals surface area contributed by atoms with E-state index in [-0.39, 0.29) is 11.8 Å². The minimum Gasteiger partial charge on any atom is -0.356 e. The number of benzene rings is 1. The first-order chi connectivity index (χ1) is 14.5. The molecule has 30 heavy (non-hydrogen) atoms. The monoisotopic (exact) mass is 414 g/mol. The van der Waals surface area contributed by atoms with Crippen molar-refractivity contribution < 1.29 is 9.59 Å². The third-order valence-corrected chi connectivity index (χ3v) is 6.13. The van der Waals surface area contributed by atoms with E-state index in [1.165, 1.54) is 25.9 Å². The van der Waals surface area contributed by atoms with Crippen molar-refractivity contribution in [2.45, 2.75) is 64.8 Å². The number of rotatable bonds is 12. The van der Waals surface area contributed by atoms with Gasteiger partial charge in [-0.05, 0) is 89.2 Å². The van der Waals surface area contributed by atoms with Crippen LogP contribution in [0, 0.1) is 13.8 Å². The molecule has 0 unspecified atom stereocenters. The van der Waals surface area contributed by atoms with Crippen molar-refractivity contribution in [3.63, 3.8) is 0 Å². The normalized spacial score (nSPS) is 16.8. The van der Waals surface area contributed by atoms with Gasteiger partial charge in [0.25, 0.3) is 0 Å². The fourth-order valence-corrected chi connectivity index (χ4v) is 4.10. The number of carbonyl (C=O) groups excluding carboxylic acids is 2. The fraction of sp³-hybridized carbons (Fsp3) is 0.667. The molecule has 2 amide bonds. The summed E-state index contributed by atoms with van der Waals surface area (Å²) in [6.45, 7) is 9.40. The summed E-state index contributed by atoms with van der Waals surface area (Å²) < 4.78 is 0. The Morgan fingerprint density at radius 3 is 2.60 bits per heavy atom. The van der Waals surface area contributed by atoms with Crippen molar-refractivity contribution >= 4 is 17.5 Å². The van der Waals surface area contributed by atoms with Gasteiger partial charge in [0.1, 0.15) is 0 Å². The minimum atomic E-state index is -0.00193. The topological polar surface area (TPSA) is 64.7 Å². The van der Waals surface area contributed by atoms with Crippen LogP contribution in [0.15, 0.2) is 18.2 Å². The molecule has 1 aromatic carbocycles. The van der Waals surface area contributed by atoms with Crippen molar-refractivity contribution in [2.75, 3.05) is 44.6 Å². The Morgan fingerprint density at radius 1 is 1.10 bits per heavy atom. The number of nitrogens with zero attached hydrogens (tertiary/aromatic N) is 2. The molecule has 0 spiro atoms. The molecule has 1 heterocycles. The third-order valence-electron chi connectivity index (χ3n) is 6.13. The molecule has 2 fully saturated rings. The number of likely N-dealkylation sites (tertiary alicyclic amines) is 1. The van der Waals surface area contributed by atoms with E-state index < -0.39 is 0 Å². The zero-order chi connectivity index (χ0) is 21.3. The van der Waals surface area contributed by atoms with Crippen LogP contribution in [0.25, 0.3) is 0 Å². The summed E-state index contributed by atoms with van der Waals surface area (Å²) >= 11 is 0. The molecule has 0 atom stereocenters. The summed E-state index contributed by atoms with van der Waals surface area (Å²) in [4.78, 5) is 29.5. The van der Waals surface area contributed by atoms with E-state index in [9.17, 15) is 9.59 Å².